The van der Waals surface area contributed by atoms with Gasteiger partial charge in [0.25, 0.3) is 0 Å². The molecule has 0 aliphatic carbocycles. The zero-order valence-electron chi connectivity index (χ0n) is 13.8. The molecule has 0 bridgehead atoms. The van der Waals surface area contributed by atoms with Crippen LogP contribution in [0.5, 0.6) is 0 Å². The molecule has 3 heteroatoms. The van der Waals surface area contributed by atoms with Crippen LogP contribution >= 0.6 is 0 Å². The van der Waals surface area contributed by atoms with E-state index < -0.39 is 0 Å². The zero-order valence-corrected chi connectivity index (χ0v) is 13.8. The fourth-order valence-corrected chi connectivity index (χ4v) is 3.09. The normalized spacial score (nSPS) is 14.8. The average molecular weight is 277 g/mol. The van der Waals surface area contributed by atoms with Gasteiger partial charge in [0.2, 0.25) is 0 Å². The van der Waals surface area contributed by atoms with Gasteiger partial charge in [-0.2, -0.15) is 0 Å². The third-order valence-corrected chi connectivity index (χ3v) is 3.98. The van der Waals surface area contributed by atoms with Crippen molar-refractivity contribution in [3.8, 4) is 0 Å². The molecule has 114 valence electrons. The molecule has 2 atom stereocenters. The maximum Gasteiger partial charge on any atom is 0.0476 e. The number of likely N-dealkylation sites (N-methyl/N-ethyl adjacent to an activating group) is 2. The Morgan fingerprint density at radius 2 is 1.80 bits per heavy atom. The molecule has 0 saturated carbocycles. The Kier molecular flexibility index (Phi) is 7.20. The van der Waals surface area contributed by atoms with Gasteiger partial charge in [0, 0.05) is 25.2 Å². The van der Waals surface area contributed by atoms with E-state index >= 15 is 0 Å². The SMILES string of the molecule is CCc1ccccc1C(CN)N(CC)C(C)CN(C)C. The van der Waals surface area contributed by atoms with Crippen molar-refractivity contribution in [3.05, 3.63) is 35.4 Å². The van der Waals surface area contributed by atoms with Gasteiger partial charge in [-0.1, -0.05) is 38.1 Å². The van der Waals surface area contributed by atoms with E-state index in [1.165, 1.54) is 11.1 Å². The summed E-state index contributed by atoms with van der Waals surface area (Å²) in [6, 6.07) is 9.51. The van der Waals surface area contributed by atoms with Crippen molar-refractivity contribution in [1.29, 1.82) is 0 Å². The molecular formula is C17H31N3. The first-order valence-electron chi connectivity index (χ1n) is 7.73. The average Bonchev–Trinajstić information content (AvgIpc) is 2.43. The van der Waals surface area contributed by atoms with Gasteiger partial charge in [-0.25, -0.2) is 0 Å². The fraction of sp³-hybridized carbons (Fsp3) is 0.647. The highest BCUT2D eigenvalue weighted by Crippen LogP contribution is 2.25. The summed E-state index contributed by atoms with van der Waals surface area (Å²) in [6.45, 7) is 9.48. The van der Waals surface area contributed by atoms with Gasteiger partial charge in [0.1, 0.15) is 0 Å². The topological polar surface area (TPSA) is 32.5 Å². The molecule has 1 rings (SSSR count). The van der Waals surface area contributed by atoms with Crippen molar-refractivity contribution in [2.45, 2.75) is 39.3 Å². The number of hydrogen-bond acceptors (Lipinski definition) is 3. The summed E-state index contributed by atoms with van der Waals surface area (Å²) in [5, 5.41) is 0. The van der Waals surface area contributed by atoms with Crippen LogP contribution in [0.25, 0.3) is 0 Å². The molecule has 0 radical (unpaired) electrons. The second kappa shape index (κ2) is 8.40. The first-order chi connectivity index (χ1) is 9.54. The minimum Gasteiger partial charge on any atom is -0.329 e. The Balaban J connectivity index is 3.02. The van der Waals surface area contributed by atoms with Crippen molar-refractivity contribution >= 4 is 0 Å². The molecule has 0 spiro atoms. The number of hydrogen-bond donors (Lipinski definition) is 1. The molecule has 0 aliphatic heterocycles. The lowest BCUT2D eigenvalue weighted by atomic mass is 9.96. The van der Waals surface area contributed by atoms with Crippen LogP contribution in [-0.4, -0.2) is 49.6 Å². The second-order valence-corrected chi connectivity index (χ2v) is 5.75. The number of rotatable bonds is 8. The Morgan fingerprint density at radius 3 is 2.30 bits per heavy atom. The lowest BCUT2D eigenvalue weighted by Gasteiger charge is -2.37. The lowest BCUT2D eigenvalue weighted by molar-refractivity contribution is 0.130. The van der Waals surface area contributed by atoms with Crippen LogP contribution < -0.4 is 5.73 Å². The van der Waals surface area contributed by atoms with Gasteiger partial charge in [-0.15, -0.1) is 0 Å². The first kappa shape index (κ1) is 17.2. The van der Waals surface area contributed by atoms with Crippen LogP contribution in [0.3, 0.4) is 0 Å². The Labute approximate surface area is 124 Å². The quantitative estimate of drug-likeness (QED) is 0.792. The van der Waals surface area contributed by atoms with Crippen molar-refractivity contribution < 1.29 is 0 Å². The summed E-state index contributed by atoms with van der Waals surface area (Å²) >= 11 is 0. The van der Waals surface area contributed by atoms with E-state index in [1.54, 1.807) is 0 Å². The molecule has 1 aromatic rings. The molecule has 0 fully saturated rings. The van der Waals surface area contributed by atoms with Crippen LogP contribution in [0, 0.1) is 0 Å². The Morgan fingerprint density at radius 1 is 1.15 bits per heavy atom. The molecule has 0 amide bonds. The largest absolute Gasteiger partial charge is 0.329 e. The van der Waals surface area contributed by atoms with Crippen LogP contribution in [0.2, 0.25) is 0 Å². The van der Waals surface area contributed by atoms with Crippen molar-refractivity contribution in [1.82, 2.24) is 9.80 Å². The van der Waals surface area contributed by atoms with E-state index in [2.05, 4.69) is 68.9 Å². The first-order valence-corrected chi connectivity index (χ1v) is 7.73. The van der Waals surface area contributed by atoms with Crippen LogP contribution in [0.1, 0.15) is 37.9 Å². The smallest absolute Gasteiger partial charge is 0.0476 e. The molecule has 0 aliphatic rings. The minimum atomic E-state index is 0.311. The number of aryl methyl sites for hydroxylation is 1. The van der Waals surface area contributed by atoms with Crippen molar-refractivity contribution in [2.75, 3.05) is 33.7 Å². The molecule has 2 N–H and O–H groups in total. The van der Waals surface area contributed by atoms with Crippen LogP contribution in [0.4, 0.5) is 0 Å². The molecule has 0 saturated heterocycles. The Bertz CT molecular complexity index is 390. The van der Waals surface area contributed by atoms with Crippen molar-refractivity contribution in [3.63, 3.8) is 0 Å². The predicted molar refractivity (Wildman–Crippen MR) is 88.0 cm³/mol. The summed E-state index contributed by atoms with van der Waals surface area (Å²) in [6.07, 6.45) is 1.06. The third kappa shape index (κ3) is 4.30. The number of nitrogens with two attached hydrogens (primary N) is 1. The summed E-state index contributed by atoms with van der Waals surface area (Å²) in [7, 11) is 4.25. The molecule has 2 unspecified atom stereocenters. The highest BCUT2D eigenvalue weighted by molar-refractivity contribution is 5.30. The second-order valence-electron chi connectivity index (χ2n) is 5.75. The van der Waals surface area contributed by atoms with E-state index in [-0.39, 0.29) is 0 Å². The maximum atomic E-state index is 6.12. The molecule has 3 nitrogen and oxygen atoms in total. The van der Waals surface area contributed by atoms with E-state index in [0.717, 1.165) is 19.5 Å². The maximum absolute atomic E-state index is 6.12. The molecule has 20 heavy (non-hydrogen) atoms. The standard InChI is InChI=1S/C17H31N3/c1-6-15-10-8-9-11-16(15)17(12-18)20(7-2)14(3)13-19(4)5/h8-11,14,17H,6-7,12-13,18H2,1-5H3. The highest BCUT2D eigenvalue weighted by Gasteiger charge is 2.24. The van der Waals surface area contributed by atoms with Gasteiger partial charge in [-0.05, 0) is 45.1 Å². The summed E-state index contributed by atoms with van der Waals surface area (Å²) in [4.78, 5) is 4.77. The Hall–Kier alpha value is -0.900. The molecular weight excluding hydrogens is 246 g/mol. The van der Waals surface area contributed by atoms with Gasteiger partial charge in [0.05, 0.1) is 0 Å². The molecule has 0 heterocycles. The minimum absolute atomic E-state index is 0.311. The van der Waals surface area contributed by atoms with Gasteiger partial charge >= 0.3 is 0 Å². The van der Waals surface area contributed by atoms with Gasteiger partial charge < -0.3 is 10.6 Å². The lowest BCUT2D eigenvalue weighted by Crippen LogP contribution is -2.44. The monoisotopic (exact) mass is 277 g/mol. The van der Waals surface area contributed by atoms with E-state index in [0.29, 0.717) is 18.6 Å². The predicted octanol–water partition coefficient (Wildman–Crippen LogP) is 2.52. The highest BCUT2D eigenvalue weighted by atomic mass is 15.2. The van der Waals surface area contributed by atoms with E-state index in [4.69, 9.17) is 5.73 Å². The third-order valence-electron chi connectivity index (χ3n) is 3.98. The zero-order chi connectivity index (χ0) is 15.1. The summed E-state index contributed by atoms with van der Waals surface area (Å²) in [5.41, 5.74) is 8.93. The number of nitrogens with zero attached hydrogens (tertiary/aromatic N) is 2. The van der Waals surface area contributed by atoms with Crippen molar-refractivity contribution in [2.24, 2.45) is 5.73 Å². The van der Waals surface area contributed by atoms with E-state index in [9.17, 15) is 0 Å². The fourth-order valence-electron chi connectivity index (χ4n) is 3.09. The summed E-state index contributed by atoms with van der Waals surface area (Å²) < 4.78 is 0. The van der Waals surface area contributed by atoms with Gasteiger partial charge in [-0.3, -0.25) is 4.90 Å². The molecule has 0 aromatic heterocycles. The molecule has 1 aromatic carbocycles. The number of benzene rings is 1. The van der Waals surface area contributed by atoms with Crippen LogP contribution in [-0.2, 0) is 6.42 Å². The van der Waals surface area contributed by atoms with Crippen LogP contribution in [0.15, 0.2) is 24.3 Å². The van der Waals surface area contributed by atoms with Gasteiger partial charge in [0.15, 0.2) is 0 Å². The summed E-state index contributed by atoms with van der Waals surface area (Å²) in [5.74, 6) is 0. The van der Waals surface area contributed by atoms with E-state index in [1.807, 2.05) is 0 Å².